The van der Waals surface area contributed by atoms with Crippen molar-refractivity contribution >= 4 is 11.0 Å². The van der Waals surface area contributed by atoms with E-state index in [0.29, 0.717) is 0 Å². The molecule has 0 aliphatic carbocycles. The van der Waals surface area contributed by atoms with Crippen LogP contribution in [0.15, 0.2) is 42.6 Å². The lowest BCUT2D eigenvalue weighted by Gasteiger charge is -2.03. The summed E-state index contributed by atoms with van der Waals surface area (Å²) in [6, 6.07) is 12.2. The number of fused-ring (bicyclic) bond motifs is 1. The summed E-state index contributed by atoms with van der Waals surface area (Å²) in [7, 11) is 0. The maximum Gasteiger partial charge on any atom is 0.163 e. The first-order valence-electron chi connectivity index (χ1n) is 5.63. The SMILES string of the molecule is Cc1cc(C)c2cnn(-c3ccccc3)c2n1. The minimum Gasteiger partial charge on any atom is -0.233 e. The summed E-state index contributed by atoms with van der Waals surface area (Å²) in [5.74, 6) is 0. The second-order valence-electron chi connectivity index (χ2n) is 4.21. The minimum absolute atomic E-state index is 0.925. The van der Waals surface area contributed by atoms with Crippen molar-refractivity contribution in [2.75, 3.05) is 0 Å². The quantitative estimate of drug-likeness (QED) is 0.634. The standard InChI is InChI=1S/C14H13N3/c1-10-8-11(2)16-14-13(10)9-15-17(14)12-6-4-3-5-7-12/h3-9H,1-2H3. The molecule has 0 radical (unpaired) electrons. The molecule has 0 N–H and O–H groups in total. The van der Waals surface area contributed by atoms with Crippen LogP contribution in [0.4, 0.5) is 0 Å². The molecular weight excluding hydrogens is 210 g/mol. The summed E-state index contributed by atoms with van der Waals surface area (Å²) >= 11 is 0. The average Bonchev–Trinajstić information content (AvgIpc) is 2.74. The number of nitrogens with zero attached hydrogens (tertiary/aromatic N) is 3. The monoisotopic (exact) mass is 223 g/mol. The summed E-state index contributed by atoms with van der Waals surface area (Å²) in [6.45, 7) is 4.10. The van der Waals surface area contributed by atoms with E-state index in [9.17, 15) is 0 Å². The largest absolute Gasteiger partial charge is 0.233 e. The Morgan fingerprint density at radius 3 is 2.59 bits per heavy atom. The number of para-hydroxylation sites is 1. The molecule has 3 rings (SSSR count). The molecule has 0 saturated carbocycles. The van der Waals surface area contributed by atoms with Crippen molar-refractivity contribution in [3.63, 3.8) is 0 Å². The predicted octanol–water partition coefficient (Wildman–Crippen LogP) is 3.04. The molecule has 0 unspecified atom stereocenters. The van der Waals surface area contributed by atoms with Gasteiger partial charge < -0.3 is 0 Å². The molecule has 2 heterocycles. The molecule has 2 aromatic heterocycles. The third-order valence-corrected chi connectivity index (χ3v) is 2.88. The second-order valence-corrected chi connectivity index (χ2v) is 4.21. The van der Waals surface area contributed by atoms with E-state index in [4.69, 9.17) is 0 Å². The van der Waals surface area contributed by atoms with Crippen LogP contribution in [0.5, 0.6) is 0 Å². The summed E-state index contributed by atoms with van der Waals surface area (Å²) in [6.07, 6.45) is 1.88. The molecule has 3 heteroatoms. The Morgan fingerprint density at radius 2 is 1.82 bits per heavy atom. The van der Waals surface area contributed by atoms with Crippen molar-refractivity contribution in [1.82, 2.24) is 14.8 Å². The molecule has 3 nitrogen and oxygen atoms in total. The Morgan fingerprint density at radius 1 is 1.06 bits per heavy atom. The molecule has 0 atom stereocenters. The zero-order valence-electron chi connectivity index (χ0n) is 9.88. The smallest absolute Gasteiger partial charge is 0.163 e. The molecule has 1 aromatic carbocycles. The minimum atomic E-state index is 0.925. The highest BCUT2D eigenvalue weighted by atomic mass is 15.3. The van der Waals surface area contributed by atoms with Gasteiger partial charge in [0.15, 0.2) is 5.65 Å². The fraction of sp³-hybridized carbons (Fsp3) is 0.143. The van der Waals surface area contributed by atoms with Gasteiger partial charge in [0, 0.05) is 11.1 Å². The Hall–Kier alpha value is -2.16. The number of hydrogen-bond donors (Lipinski definition) is 0. The van der Waals surface area contributed by atoms with Crippen LogP contribution in [0.2, 0.25) is 0 Å². The zero-order valence-corrected chi connectivity index (χ0v) is 9.88. The van der Waals surface area contributed by atoms with Gasteiger partial charge in [0.05, 0.1) is 11.9 Å². The van der Waals surface area contributed by atoms with E-state index in [0.717, 1.165) is 22.4 Å². The lowest BCUT2D eigenvalue weighted by Crippen LogP contribution is -1.98. The molecule has 17 heavy (non-hydrogen) atoms. The van der Waals surface area contributed by atoms with Gasteiger partial charge in [-0.25, -0.2) is 9.67 Å². The first kappa shape index (κ1) is 10.0. The highest BCUT2D eigenvalue weighted by Gasteiger charge is 2.08. The fourth-order valence-electron chi connectivity index (χ4n) is 2.08. The van der Waals surface area contributed by atoms with Crippen LogP contribution in [0, 0.1) is 13.8 Å². The van der Waals surface area contributed by atoms with Gasteiger partial charge in [0.1, 0.15) is 0 Å². The topological polar surface area (TPSA) is 30.7 Å². The highest BCUT2D eigenvalue weighted by Crippen LogP contribution is 2.20. The molecule has 0 saturated heterocycles. The van der Waals surface area contributed by atoms with Crippen molar-refractivity contribution in [3.8, 4) is 5.69 Å². The van der Waals surface area contributed by atoms with Gasteiger partial charge in [-0.3, -0.25) is 0 Å². The predicted molar refractivity (Wildman–Crippen MR) is 68.3 cm³/mol. The third kappa shape index (κ3) is 1.60. The van der Waals surface area contributed by atoms with E-state index in [2.05, 4.69) is 23.1 Å². The van der Waals surface area contributed by atoms with Crippen molar-refractivity contribution in [2.45, 2.75) is 13.8 Å². The average molecular weight is 223 g/mol. The van der Waals surface area contributed by atoms with Crippen molar-refractivity contribution < 1.29 is 0 Å². The number of rotatable bonds is 1. The lowest BCUT2D eigenvalue weighted by molar-refractivity contribution is 0.894. The maximum atomic E-state index is 4.57. The van der Waals surface area contributed by atoms with Crippen LogP contribution in [0.3, 0.4) is 0 Å². The second kappa shape index (κ2) is 3.70. The van der Waals surface area contributed by atoms with Crippen LogP contribution in [0.25, 0.3) is 16.7 Å². The number of aryl methyl sites for hydroxylation is 2. The summed E-state index contributed by atoms with van der Waals surface area (Å²) in [4.78, 5) is 4.57. The number of aromatic nitrogens is 3. The van der Waals surface area contributed by atoms with Crippen molar-refractivity contribution in [2.24, 2.45) is 0 Å². The zero-order chi connectivity index (χ0) is 11.8. The van der Waals surface area contributed by atoms with E-state index < -0.39 is 0 Å². The molecule has 0 fully saturated rings. The Bertz CT molecular complexity index is 669. The van der Waals surface area contributed by atoms with Gasteiger partial charge >= 0.3 is 0 Å². The molecule has 0 spiro atoms. The number of hydrogen-bond acceptors (Lipinski definition) is 2. The maximum absolute atomic E-state index is 4.57. The Labute approximate surface area is 99.7 Å². The van der Waals surface area contributed by atoms with Gasteiger partial charge in [-0.2, -0.15) is 5.10 Å². The normalized spacial score (nSPS) is 10.9. The number of benzene rings is 1. The van der Waals surface area contributed by atoms with Crippen molar-refractivity contribution in [1.29, 1.82) is 0 Å². The Kier molecular flexibility index (Phi) is 2.18. The molecule has 0 aliphatic heterocycles. The van der Waals surface area contributed by atoms with Crippen molar-refractivity contribution in [3.05, 3.63) is 53.9 Å². The molecule has 3 aromatic rings. The van der Waals surface area contributed by atoms with E-state index in [1.165, 1.54) is 5.56 Å². The van der Waals surface area contributed by atoms with Crippen LogP contribution in [-0.4, -0.2) is 14.8 Å². The Balaban J connectivity index is 2.32. The van der Waals surface area contributed by atoms with Gasteiger partial charge in [-0.1, -0.05) is 18.2 Å². The number of pyridine rings is 1. The summed E-state index contributed by atoms with van der Waals surface area (Å²) in [5, 5.41) is 5.53. The molecule has 84 valence electrons. The molecule has 0 bridgehead atoms. The summed E-state index contributed by atoms with van der Waals surface area (Å²) < 4.78 is 1.88. The van der Waals surface area contributed by atoms with E-state index in [1.807, 2.05) is 48.1 Å². The van der Waals surface area contributed by atoms with E-state index >= 15 is 0 Å². The fourth-order valence-corrected chi connectivity index (χ4v) is 2.08. The molecule has 0 aliphatic rings. The lowest BCUT2D eigenvalue weighted by atomic mass is 10.2. The summed E-state index contributed by atoms with van der Waals surface area (Å²) in [5.41, 5.74) is 4.20. The van der Waals surface area contributed by atoms with Crippen LogP contribution in [0.1, 0.15) is 11.3 Å². The van der Waals surface area contributed by atoms with E-state index in [-0.39, 0.29) is 0 Å². The van der Waals surface area contributed by atoms with Crippen LogP contribution >= 0.6 is 0 Å². The van der Waals surface area contributed by atoms with Gasteiger partial charge in [-0.15, -0.1) is 0 Å². The van der Waals surface area contributed by atoms with Gasteiger partial charge in [0.2, 0.25) is 0 Å². The molecule has 0 amide bonds. The van der Waals surface area contributed by atoms with Gasteiger partial charge in [0.25, 0.3) is 0 Å². The first-order valence-corrected chi connectivity index (χ1v) is 5.63. The highest BCUT2D eigenvalue weighted by molar-refractivity contribution is 5.80. The van der Waals surface area contributed by atoms with Crippen LogP contribution in [-0.2, 0) is 0 Å². The van der Waals surface area contributed by atoms with E-state index in [1.54, 1.807) is 0 Å². The molecular formula is C14H13N3. The van der Waals surface area contributed by atoms with Gasteiger partial charge in [-0.05, 0) is 37.6 Å². The van der Waals surface area contributed by atoms with Crippen LogP contribution < -0.4 is 0 Å². The third-order valence-electron chi connectivity index (χ3n) is 2.88. The first-order chi connectivity index (χ1) is 8.25.